The summed E-state index contributed by atoms with van der Waals surface area (Å²) in [6, 6.07) is 12.4. The summed E-state index contributed by atoms with van der Waals surface area (Å²) in [6.45, 7) is 2.21. The smallest absolute Gasteiger partial charge is 0.251 e. The van der Waals surface area contributed by atoms with Crippen LogP contribution in [0, 0.1) is 6.92 Å². The van der Waals surface area contributed by atoms with Gasteiger partial charge in [-0.3, -0.25) is 4.79 Å². The Morgan fingerprint density at radius 3 is 2.82 bits per heavy atom. The van der Waals surface area contributed by atoms with Gasteiger partial charge in [0.1, 0.15) is 11.6 Å². The van der Waals surface area contributed by atoms with Gasteiger partial charge >= 0.3 is 0 Å². The highest BCUT2D eigenvalue weighted by Gasteiger charge is 2.10. The van der Waals surface area contributed by atoms with E-state index >= 15 is 0 Å². The third-order valence-corrected chi connectivity index (χ3v) is 3.80. The third-order valence-electron chi connectivity index (χ3n) is 3.80. The average molecular weight is 295 g/mol. The van der Waals surface area contributed by atoms with Gasteiger partial charge in [0.2, 0.25) is 0 Å². The third kappa shape index (κ3) is 2.53. The van der Waals surface area contributed by atoms with Crippen LogP contribution in [0.3, 0.4) is 0 Å². The van der Waals surface area contributed by atoms with E-state index in [1.807, 2.05) is 30.7 Å². The molecule has 1 amide bonds. The molecule has 112 valence electrons. The molecule has 0 unspecified atom stereocenters. The molecule has 0 aliphatic heterocycles. The van der Waals surface area contributed by atoms with E-state index in [0.29, 0.717) is 11.1 Å². The number of carbonyl (C=O) groups is 1. The largest absolute Gasteiger partial charge is 0.508 e. The van der Waals surface area contributed by atoms with Crippen molar-refractivity contribution in [3.8, 4) is 5.75 Å². The van der Waals surface area contributed by atoms with Crippen molar-refractivity contribution >= 4 is 16.9 Å². The number of fused-ring (bicyclic) bond motifs is 1. The molecule has 0 atom stereocenters. The fourth-order valence-corrected chi connectivity index (χ4v) is 2.40. The van der Waals surface area contributed by atoms with E-state index in [0.717, 1.165) is 16.9 Å². The molecule has 0 fully saturated rings. The van der Waals surface area contributed by atoms with E-state index in [2.05, 4.69) is 10.3 Å². The first-order valence-corrected chi connectivity index (χ1v) is 7.04. The van der Waals surface area contributed by atoms with Crippen LogP contribution >= 0.6 is 0 Å². The fraction of sp³-hybridized carbons (Fsp3) is 0.176. The zero-order chi connectivity index (χ0) is 15.7. The summed E-state index contributed by atoms with van der Waals surface area (Å²) in [5, 5.41) is 12.5. The summed E-state index contributed by atoms with van der Waals surface area (Å²) in [4.78, 5) is 16.7. The quantitative estimate of drug-likeness (QED) is 0.780. The highest BCUT2D eigenvalue weighted by molar-refractivity contribution is 5.97. The lowest BCUT2D eigenvalue weighted by molar-refractivity contribution is 0.0951. The maximum Gasteiger partial charge on any atom is 0.251 e. The summed E-state index contributed by atoms with van der Waals surface area (Å²) in [5.41, 5.74) is 3.04. The zero-order valence-corrected chi connectivity index (χ0v) is 12.5. The molecule has 0 spiro atoms. The van der Waals surface area contributed by atoms with Gasteiger partial charge in [0.25, 0.3) is 5.91 Å². The van der Waals surface area contributed by atoms with Crippen LogP contribution in [0.15, 0.2) is 42.5 Å². The number of aromatic hydroxyl groups is 1. The summed E-state index contributed by atoms with van der Waals surface area (Å²) < 4.78 is 1.99. The van der Waals surface area contributed by atoms with Crippen LogP contribution in [0.2, 0.25) is 0 Å². The highest BCUT2D eigenvalue weighted by atomic mass is 16.3. The fourth-order valence-electron chi connectivity index (χ4n) is 2.40. The number of amides is 1. The van der Waals surface area contributed by atoms with E-state index in [4.69, 9.17) is 0 Å². The summed E-state index contributed by atoms with van der Waals surface area (Å²) in [7, 11) is 1.95. The van der Waals surface area contributed by atoms with Gasteiger partial charge in [-0.2, -0.15) is 0 Å². The van der Waals surface area contributed by atoms with Crippen molar-refractivity contribution < 1.29 is 9.90 Å². The number of imidazole rings is 1. The maximum atomic E-state index is 12.2. The van der Waals surface area contributed by atoms with Crippen LogP contribution in [-0.4, -0.2) is 20.6 Å². The number of nitrogens with one attached hydrogen (secondary N) is 1. The molecule has 0 aliphatic rings. The number of benzene rings is 2. The SMILES string of the molecule is Cc1nc2cc(C(=O)NCc3ccccc3O)ccc2n1C. The Labute approximate surface area is 128 Å². The van der Waals surface area contributed by atoms with Gasteiger partial charge in [-0.15, -0.1) is 0 Å². The number of phenolic OH excluding ortho intramolecular Hbond substituents is 1. The van der Waals surface area contributed by atoms with Gasteiger partial charge in [0.05, 0.1) is 11.0 Å². The van der Waals surface area contributed by atoms with E-state index in [1.165, 1.54) is 0 Å². The number of aromatic nitrogens is 2. The molecule has 2 N–H and O–H groups in total. The molecular weight excluding hydrogens is 278 g/mol. The number of nitrogens with zero attached hydrogens (tertiary/aromatic N) is 2. The Kier molecular flexibility index (Phi) is 3.55. The highest BCUT2D eigenvalue weighted by Crippen LogP contribution is 2.17. The molecule has 3 rings (SSSR count). The van der Waals surface area contributed by atoms with Crippen LogP contribution in [0.1, 0.15) is 21.7 Å². The second-order valence-corrected chi connectivity index (χ2v) is 5.23. The molecule has 2 aromatic carbocycles. The lowest BCUT2D eigenvalue weighted by Crippen LogP contribution is -2.22. The normalized spacial score (nSPS) is 10.8. The van der Waals surface area contributed by atoms with Gasteiger partial charge in [-0.25, -0.2) is 4.98 Å². The Morgan fingerprint density at radius 2 is 2.05 bits per heavy atom. The van der Waals surface area contributed by atoms with Crippen LogP contribution in [0.25, 0.3) is 11.0 Å². The summed E-state index contributed by atoms with van der Waals surface area (Å²) >= 11 is 0. The van der Waals surface area contributed by atoms with E-state index in [-0.39, 0.29) is 18.2 Å². The standard InChI is InChI=1S/C17H17N3O2/c1-11-19-14-9-12(7-8-15(14)20(11)2)17(22)18-10-13-5-3-4-6-16(13)21/h3-9,21H,10H2,1-2H3,(H,18,22). The van der Waals surface area contributed by atoms with E-state index in [1.54, 1.807) is 30.3 Å². The molecule has 5 nitrogen and oxygen atoms in total. The van der Waals surface area contributed by atoms with Crippen LogP contribution < -0.4 is 5.32 Å². The minimum Gasteiger partial charge on any atom is -0.508 e. The zero-order valence-electron chi connectivity index (χ0n) is 12.5. The molecule has 0 aliphatic carbocycles. The van der Waals surface area contributed by atoms with E-state index in [9.17, 15) is 9.90 Å². The van der Waals surface area contributed by atoms with Crippen molar-refractivity contribution in [2.24, 2.45) is 7.05 Å². The molecule has 0 radical (unpaired) electrons. The van der Waals surface area contributed by atoms with Crippen molar-refractivity contribution in [2.75, 3.05) is 0 Å². The van der Waals surface area contributed by atoms with Crippen molar-refractivity contribution in [3.63, 3.8) is 0 Å². The Hall–Kier alpha value is -2.82. The topological polar surface area (TPSA) is 67.2 Å². The Balaban J connectivity index is 1.79. The number of para-hydroxylation sites is 1. The van der Waals surface area contributed by atoms with Gasteiger partial charge in [-0.05, 0) is 31.2 Å². The maximum absolute atomic E-state index is 12.2. The lowest BCUT2D eigenvalue weighted by Gasteiger charge is -2.07. The minimum absolute atomic E-state index is 0.179. The van der Waals surface area contributed by atoms with Gasteiger partial charge in [0, 0.05) is 24.7 Å². The number of phenols is 1. The molecule has 3 aromatic rings. The first-order chi connectivity index (χ1) is 10.6. The second-order valence-electron chi connectivity index (χ2n) is 5.23. The molecule has 0 saturated heterocycles. The number of hydrogen-bond acceptors (Lipinski definition) is 3. The van der Waals surface area contributed by atoms with E-state index < -0.39 is 0 Å². The summed E-state index contributed by atoms with van der Waals surface area (Å²) in [5.74, 6) is 0.897. The first-order valence-electron chi connectivity index (χ1n) is 7.04. The molecule has 5 heteroatoms. The summed E-state index contributed by atoms with van der Waals surface area (Å²) in [6.07, 6.45) is 0. The average Bonchev–Trinajstić information content (AvgIpc) is 2.80. The predicted molar refractivity (Wildman–Crippen MR) is 84.7 cm³/mol. The molecule has 1 aromatic heterocycles. The molecule has 0 bridgehead atoms. The van der Waals surface area contributed by atoms with Crippen molar-refractivity contribution in [1.29, 1.82) is 0 Å². The van der Waals surface area contributed by atoms with Gasteiger partial charge in [-0.1, -0.05) is 18.2 Å². The number of carbonyl (C=O) groups excluding carboxylic acids is 1. The molecule has 22 heavy (non-hydrogen) atoms. The Bertz CT molecular complexity index is 852. The molecule has 0 saturated carbocycles. The monoisotopic (exact) mass is 295 g/mol. The molecule has 1 heterocycles. The number of hydrogen-bond donors (Lipinski definition) is 2. The number of rotatable bonds is 3. The number of aryl methyl sites for hydroxylation is 2. The van der Waals surface area contributed by atoms with Crippen LogP contribution in [0.4, 0.5) is 0 Å². The van der Waals surface area contributed by atoms with Crippen LogP contribution in [-0.2, 0) is 13.6 Å². The van der Waals surface area contributed by atoms with Gasteiger partial charge in [0.15, 0.2) is 0 Å². The first kappa shape index (κ1) is 14.1. The predicted octanol–water partition coefficient (Wildman–Crippen LogP) is 2.52. The van der Waals surface area contributed by atoms with Gasteiger partial charge < -0.3 is 15.0 Å². The van der Waals surface area contributed by atoms with Crippen molar-refractivity contribution in [1.82, 2.24) is 14.9 Å². The lowest BCUT2D eigenvalue weighted by atomic mass is 10.1. The molecular formula is C17H17N3O2. The minimum atomic E-state index is -0.187. The Morgan fingerprint density at radius 1 is 1.27 bits per heavy atom. The second kappa shape index (κ2) is 5.52. The van der Waals surface area contributed by atoms with Crippen LogP contribution in [0.5, 0.6) is 5.75 Å². The van der Waals surface area contributed by atoms with Crippen molar-refractivity contribution in [3.05, 3.63) is 59.4 Å². The van der Waals surface area contributed by atoms with Crippen molar-refractivity contribution in [2.45, 2.75) is 13.5 Å².